The second-order valence-electron chi connectivity index (χ2n) is 3.63. The SMILES string of the molecule is CN1C(=O)Cc2cncc(P(P)PP)c2C1=O. The second-order valence-corrected chi connectivity index (χ2v) is 12.7. The maximum Gasteiger partial charge on any atom is 0.261 e. The Hall–Kier alpha value is 0.01000. The minimum atomic E-state index is -0.462. The van der Waals surface area contributed by atoms with E-state index in [0.29, 0.717) is 13.5 Å². The van der Waals surface area contributed by atoms with Gasteiger partial charge >= 0.3 is 0 Å². The van der Waals surface area contributed by atoms with E-state index in [1.807, 2.05) is 0 Å². The number of carbonyl (C=O) groups excluding carboxylic acids is 2. The number of rotatable bonds is 2. The Kier molecular flexibility index (Phi) is 4.22. The molecule has 0 saturated heterocycles. The van der Waals surface area contributed by atoms with Crippen molar-refractivity contribution in [3.8, 4) is 0 Å². The number of amides is 2. The van der Waals surface area contributed by atoms with Gasteiger partial charge in [0, 0.05) is 24.7 Å². The molecule has 0 N–H and O–H groups in total. The van der Waals surface area contributed by atoms with Crippen LogP contribution in [0.2, 0.25) is 0 Å². The molecule has 8 heteroatoms. The number of likely N-dealkylation sites (N-methyl/N-ethyl adjacent to an activating group) is 1. The molecular formula is C9H12N2O2P4. The molecule has 1 aromatic rings. The molecule has 0 radical (unpaired) electrons. The third kappa shape index (κ3) is 2.42. The summed E-state index contributed by atoms with van der Waals surface area (Å²) in [7, 11) is 7.21. The molecule has 1 aliphatic rings. The van der Waals surface area contributed by atoms with Gasteiger partial charge in [0.1, 0.15) is 0 Å². The Labute approximate surface area is 107 Å². The first kappa shape index (κ1) is 13.4. The maximum absolute atomic E-state index is 12.1. The van der Waals surface area contributed by atoms with Crippen LogP contribution in [0.4, 0.5) is 0 Å². The second kappa shape index (κ2) is 5.33. The molecule has 0 aromatic carbocycles. The smallest absolute Gasteiger partial charge is 0.261 e. The minimum Gasteiger partial charge on any atom is -0.281 e. The molecule has 0 fully saturated rings. The molecule has 90 valence electrons. The van der Waals surface area contributed by atoms with Gasteiger partial charge in [-0.05, 0) is 12.9 Å². The fourth-order valence-electron chi connectivity index (χ4n) is 1.69. The summed E-state index contributed by atoms with van der Waals surface area (Å²) in [5.41, 5.74) is 1.44. The lowest BCUT2D eigenvalue weighted by atomic mass is 10.0. The zero-order valence-corrected chi connectivity index (χ0v) is 13.4. The van der Waals surface area contributed by atoms with Crippen molar-refractivity contribution in [2.75, 3.05) is 7.05 Å². The van der Waals surface area contributed by atoms with Gasteiger partial charge < -0.3 is 0 Å². The van der Waals surface area contributed by atoms with E-state index in [0.717, 1.165) is 10.9 Å². The van der Waals surface area contributed by atoms with E-state index in [1.54, 1.807) is 12.4 Å². The van der Waals surface area contributed by atoms with Gasteiger partial charge in [0.15, 0.2) is 0 Å². The Balaban J connectivity index is 2.57. The molecule has 4 nitrogen and oxygen atoms in total. The number of imide groups is 1. The summed E-state index contributed by atoms with van der Waals surface area (Å²) in [4.78, 5) is 29.1. The number of hydrogen-bond acceptors (Lipinski definition) is 3. The molecule has 0 spiro atoms. The number of carbonyl (C=O) groups is 2. The molecule has 0 aliphatic carbocycles. The Morgan fingerprint density at radius 2 is 2.18 bits per heavy atom. The van der Waals surface area contributed by atoms with Gasteiger partial charge in [0.05, 0.1) is 12.0 Å². The number of fused-ring (bicyclic) bond motifs is 1. The molecule has 1 aromatic heterocycles. The van der Waals surface area contributed by atoms with E-state index in [1.165, 1.54) is 11.9 Å². The highest BCUT2D eigenvalue weighted by atomic mass is 32.6. The van der Waals surface area contributed by atoms with Crippen LogP contribution in [0.25, 0.3) is 0 Å². The van der Waals surface area contributed by atoms with E-state index in [-0.39, 0.29) is 18.2 Å². The Morgan fingerprint density at radius 3 is 2.82 bits per heavy atom. The van der Waals surface area contributed by atoms with Crippen LogP contribution in [0.5, 0.6) is 0 Å². The molecule has 2 heterocycles. The molecule has 4 unspecified atom stereocenters. The first-order valence-corrected chi connectivity index (χ1v) is 11.5. The molecule has 4 atom stereocenters. The van der Waals surface area contributed by atoms with Crippen molar-refractivity contribution in [3.05, 3.63) is 23.5 Å². The molecule has 1 aliphatic heterocycles. The van der Waals surface area contributed by atoms with Crippen molar-refractivity contribution in [2.45, 2.75) is 6.42 Å². The molecular weight excluding hydrogens is 292 g/mol. The van der Waals surface area contributed by atoms with E-state index >= 15 is 0 Å². The fraction of sp³-hybridized carbons (Fsp3) is 0.222. The van der Waals surface area contributed by atoms with Gasteiger partial charge in [-0.15, -0.1) is 17.9 Å². The summed E-state index contributed by atoms with van der Waals surface area (Å²) < 4.78 is 0. The summed E-state index contributed by atoms with van der Waals surface area (Å²) in [6.45, 7) is 0. The maximum atomic E-state index is 12.1. The topological polar surface area (TPSA) is 50.3 Å². The summed E-state index contributed by atoms with van der Waals surface area (Å²) in [5, 5.41) is 0.972. The van der Waals surface area contributed by atoms with Crippen molar-refractivity contribution in [3.63, 3.8) is 0 Å². The van der Waals surface area contributed by atoms with Crippen molar-refractivity contribution in [1.29, 1.82) is 0 Å². The zero-order valence-electron chi connectivity index (χ0n) is 9.17. The van der Waals surface area contributed by atoms with Crippen LogP contribution in [0.1, 0.15) is 15.9 Å². The van der Waals surface area contributed by atoms with Crippen LogP contribution < -0.4 is 5.30 Å². The highest BCUT2D eigenvalue weighted by molar-refractivity contribution is 8.63. The highest BCUT2D eigenvalue weighted by Crippen LogP contribution is 2.65. The van der Waals surface area contributed by atoms with Crippen LogP contribution in [0.3, 0.4) is 0 Å². The predicted octanol–water partition coefficient (Wildman–Crippen LogP) is 1.52. The van der Waals surface area contributed by atoms with Gasteiger partial charge in [0.25, 0.3) is 5.91 Å². The monoisotopic (exact) mass is 304 g/mol. The van der Waals surface area contributed by atoms with Gasteiger partial charge in [-0.2, -0.15) is 0 Å². The van der Waals surface area contributed by atoms with Gasteiger partial charge in [0.2, 0.25) is 5.91 Å². The summed E-state index contributed by atoms with van der Waals surface area (Å²) in [6.07, 6.45) is 3.64. The third-order valence-corrected chi connectivity index (χ3v) is 12.7. The van der Waals surface area contributed by atoms with Crippen molar-refractivity contribution in [2.24, 2.45) is 0 Å². The molecule has 2 amide bonds. The number of aromatic nitrogens is 1. The van der Waals surface area contributed by atoms with E-state index in [4.69, 9.17) is 0 Å². The quantitative estimate of drug-likeness (QED) is 0.615. The van der Waals surface area contributed by atoms with Gasteiger partial charge in [-0.25, -0.2) is 0 Å². The summed E-state index contributed by atoms with van der Waals surface area (Å²) >= 11 is 0. The normalized spacial score (nSPS) is 17.7. The number of pyridine rings is 1. The molecule has 0 saturated carbocycles. The fourth-order valence-corrected chi connectivity index (χ4v) is 5.26. The van der Waals surface area contributed by atoms with E-state index in [9.17, 15) is 9.59 Å². The average Bonchev–Trinajstić information content (AvgIpc) is 2.34. The molecule has 2 rings (SSSR count). The first-order valence-electron chi connectivity index (χ1n) is 4.85. The Bertz CT molecular complexity index is 494. The van der Waals surface area contributed by atoms with Crippen molar-refractivity contribution in [1.82, 2.24) is 9.88 Å². The van der Waals surface area contributed by atoms with Crippen LogP contribution in [-0.2, 0) is 11.2 Å². The largest absolute Gasteiger partial charge is 0.281 e. The van der Waals surface area contributed by atoms with Crippen LogP contribution in [-0.4, -0.2) is 28.7 Å². The average molecular weight is 304 g/mol. The van der Waals surface area contributed by atoms with Crippen LogP contribution >= 0.6 is 33.1 Å². The van der Waals surface area contributed by atoms with Gasteiger partial charge in [-0.1, -0.05) is 7.96 Å². The minimum absolute atomic E-state index is 0.164. The van der Waals surface area contributed by atoms with Crippen LogP contribution in [0, 0.1) is 0 Å². The summed E-state index contributed by atoms with van der Waals surface area (Å²) in [6, 6.07) is 0. The van der Waals surface area contributed by atoms with E-state index < -0.39 is 7.30 Å². The van der Waals surface area contributed by atoms with Crippen LogP contribution in [0.15, 0.2) is 12.4 Å². The standard InChI is InChI=1S/C9H12N2O2P4/c1-11-7(12)2-5-3-10-4-6(17(15)16-14)8(5)9(11)13/h3-4,16H,2,14-15H2,1H3. The van der Waals surface area contributed by atoms with Gasteiger partial charge in [-0.3, -0.25) is 19.5 Å². The van der Waals surface area contributed by atoms with E-state index in [2.05, 4.69) is 22.8 Å². The molecule has 17 heavy (non-hydrogen) atoms. The number of hydrogen-bond donors (Lipinski definition) is 0. The predicted molar refractivity (Wildman–Crippen MR) is 79.3 cm³/mol. The highest BCUT2D eigenvalue weighted by Gasteiger charge is 2.31. The first-order chi connectivity index (χ1) is 8.06. The lowest BCUT2D eigenvalue weighted by Gasteiger charge is -2.26. The van der Waals surface area contributed by atoms with Crippen molar-refractivity contribution >= 4 is 50.2 Å². The Morgan fingerprint density at radius 1 is 1.47 bits per heavy atom. The third-order valence-electron chi connectivity index (χ3n) is 2.64. The lowest BCUT2D eigenvalue weighted by Crippen LogP contribution is -2.41. The number of nitrogens with zero attached hydrogens (tertiary/aromatic N) is 2. The zero-order chi connectivity index (χ0) is 12.6. The summed E-state index contributed by atoms with van der Waals surface area (Å²) in [5.74, 6) is -0.366. The molecule has 0 bridgehead atoms. The van der Waals surface area contributed by atoms with Crippen molar-refractivity contribution < 1.29 is 9.59 Å². The lowest BCUT2D eigenvalue weighted by molar-refractivity contribution is -0.127.